The van der Waals surface area contributed by atoms with Crippen molar-refractivity contribution in [3.8, 4) is 0 Å². The highest BCUT2D eigenvalue weighted by Gasteiger charge is 2.32. The first kappa shape index (κ1) is 16.6. The lowest BCUT2D eigenvalue weighted by atomic mass is 10.2. The van der Waals surface area contributed by atoms with E-state index < -0.39 is 18.8 Å². The van der Waals surface area contributed by atoms with Gasteiger partial charge in [0.25, 0.3) is 0 Å². The van der Waals surface area contributed by atoms with E-state index in [1.54, 1.807) is 38.1 Å². The molecule has 1 aromatic carbocycles. The van der Waals surface area contributed by atoms with Crippen molar-refractivity contribution in [1.82, 2.24) is 0 Å². The molecule has 0 saturated carbocycles. The average Bonchev–Trinajstić information content (AvgIpc) is 2.55. The van der Waals surface area contributed by atoms with E-state index in [0.29, 0.717) is 11.0 Å². The van der Waals surface area contributed by atoms with E-state index in [0.717, 1.165) is 0 Å². The van der Waals surface area contributed by atoms with Crippen molar-refractivity contribution in [3.05, 3.63) is 51.2 Å². The van der Waals surface area contributed by atoms with E-state index in [4.69, 9.17) is 17.9 Å². The van der Waals surface area contributed by atoms with E-state index in [1.165, 1.54) is 6.07 Å². The Morgan fingerprint density at radius 2 is 1.62 bits per heavy atom. The van der Waals surface area contributed by atoms with Crippen LogP contribution in [-0.4, -0.2) is 13.2 Å². The van der Waals surface area contributed by atoms with Gasteiger partial charge in [-0.15, -0.1) is 0 Å². The molecule has 0 aliphatic heterocycles. The van der Waals surface area contributed by atoms with Crippen molar-refractivity contribution in [2.45, 2.75) is 13.8 Å². The largest absolute Gasteiger partial charge is 0.422 e. The number of hydrogen-bond acceptors (Lipinski definition) is 7. The van der Waals surface area contributed by atoms with Crippen molar-refractivity contribution < 1.29 is 22.4 Å². The standard InChI is InChI=1S/C16H15O7P/c1-3-20-24(19,21-4-2)13-9-11-14(23-16(13)18)10-7-5-6-8-12(10)22-15(11)17/h5-9H,3-4H2,1-2H3. The molecule has 3 rings (SSSR count). The molecule has 0 fully saturated rings. The molecule has 0 unspecified atom stereocenters. The Kier molecular flexibility index (Phi) is 4.41. The Bertz CT molecular complexity index is 1050. The first-order chi connectivity index (χ1) is 11.5. The topological polar surface area (TPSA) is 96.0 Å². The zero-order valence-corrected chi connectivity index (χ0v) is 14.0. The van der Waals surface area contributed by atoms with Crippen LogP contribution in [0.5, 0.6) is 0 Å². The van der Waals surface area contributed by atoms with Crippen LogP contribution in [0.3, 0.4) is 0 Å². The second-order valence-electron chi connectivity index (χ2n) is 4.88. The van der Waals surface area contributed by atoms with Crippen LogP contribution in [0.1, 0.15) is 13.8 Å². The summed E-state index contributed by atoms with van der Waals surface area (Å²) in [6.07, 6.45) is 0. The van der Waals surface area contributed by atoms with Crippen molar-refractivity contribution in [1.29, 1.82) is 0 Å². The van der Waals surface area contributed by atoms with Gasteiger partial charge < -0.3 is 17.9 Å². The molecule has 0 aliphatic rings. The third-order valence-corrected chi connectivity index (χ3v) is 5.47. The minimum absolute atomic E-state index is 0.00271. The van der Waals surface area contributed by atoms with Crippen LogP contribution in [0, 0.1) is 0 Å². The van der Waals surface area contributed by atoms with Gasteiger partial charge in [-0.05, 0) is 32.0 Å². The monoisotopic (exact) mass is 350 g/mol. The van der Waals surface area contributed by atoms with Crippen molar-refractivity contribution in [3.63, 3.8) is 0 Å². The third kappa shape index (κ3) is 2.71. The fraction of sp³-hybridized carbons (Fsp3) is 0.250. The third-order valence-electron chi connectivity index (χ3n) is 3.38. The van der Waals surface area contributed by atoms with Crippen LogP contribution in [-0.2, 0) is 13.6 Å². The van der Waals surface area contributed by atoms with Gasteiger partial charge in [0.05, 0.1) is 18.6 Å². The van der Waals surface area contributed by atoms with Gasteiger partial charge in [-0.25, -0.2) is 9.59 Å². The zero-order valence-electron chi connectivity index (χ0n) is 13.1. The van der Waals surface area contributed by atoms with Crippen LogP contribution in [0.2, 0.25) is 0 Å². The van der Waals surface area contributed by atoms with Crippen LogP contribution in [0.15, 0.2) is 48.8 Å². The van der Waals surface area contributed by atoms with Gasteiger partial charge in [-0.1, -0.05) is 12.1 Å². The van der Waals surface area contributed by atoms with E-state index in [9.17, 15) is 14.2 Å². The maximum absolute atomic E-state index is 12.8. The van der Waals surface area contributed by atoms with Crippen LogP contribution in [0.25, 0.3) is 21.9 Å². The number of hydrogen-bond donors (Lipinski definition) is 0. The molecule has 0 radical (unpaired) electrons. The van der Waals surface area contributed by atoms with E-state index in [2.05, 4.69) is 0 Å². The molecule has 0 atom stereocenters. The van der Waals surface area contributed by atoms with Crippen LogP contribution < -0.4 is 16.6 Å². The Balaban J connectivity index is 2.37. The molecule has 2 heterocycles. The zero-order chi connectivity index (χ0) is 17.3. The average molecular weight is 350 g/mol. The molecule has 3 aromatic rings. The summed E-state index contributed by atoms with van der Waals surface area (Å²) in [5.41, 5.74) is -1.20. The van der Waals surface area contributed by atoms with Crippen LogP contribution in [0.4, 0.5) is 0 Å². The first-order valence-electron chi connectivity index (χ1n) is 7.39. The van der Waals surface area contributed by atoms with E-state index >= 15 is 0 Å². The Morgan fingerprint density at radius 1 is 0.958 bits per heavy atom. The summed E-state index contributed by atoms with van der Waals surface area (Å²) in [5.74, 6) is 0. The van der Waals surface area contributed by atoms with Gasteiger partial charge >= 0.3 is 18.8 Å². The number of benzene rings is 1. The van der Waals surface area contributed by atoms with E-state index in [-0.39, 0.29) is 29.5 Å². The first-order valence-corrected chi connectivity index (χ1v) is 8.93. The second kappa shape index (κ2) is 6.36. The van der Waals surface area contributed by atoms with Crippen LogP contribution >= 0.6 is 7.60 Å². The Labute approximate surface area is 136 Å². The van der Waals surface area contributed by atoms with Gasteiger partial charge in [-0.2, -0.15) is 0 Å². The summed E-state index contributed by atoms with van der Waals surface area (Å²) < 4.78 is 33.6. The molecule has 8 heteroatoms. The Morgan fingerprint density at radius 3 is 2.29 bits per heavy atom. The number of fused-ring (bicyclic) bond motifs is 3. The Hall–Kier alpha value is -2.21. The fourth-order valence-electron chi connectivity index (χ4n) is 2.42. The second-order valence-corrected chi connectivity index (χ2v) is 6.87. The van der Waals surface area contributed by atoms with Gasteiger partial charge in [-0.3, -0.25) is 4.57 Å². The quantitative estimate of drug-likeness (QED) is 0.396. The maximum Gasteiger partial charge on any atom is 0.368 e. The molecule has 0 spiro atoms. The van der Waals surface area contributed by atoms with Gasteiger partial charge in [0.1, 0.15) is 11.0 Å². The molecule has 7 nitrogen and oxygen atoms in total. The highest BCUT2D eigenvalue weighted by molar-refractivity contribution is 7.62. The van der Waals surface area contributed by atoms with Gasteiger partial charge in [0, 0.05) is 0 Å². The lowest BCUT2D eigenvalue weighted by Crippen LogP contribution is -2.27. The number of para-hydroxylation sites is 1. The van der Waals surface area contributed by atoms with Gasteiger partial charge in [0.15, 0.2) is 10.9 Å². The SMILES string of the molecule is CCOP(=O)(OCC)c1cc2c(=O)oc3ccccc3c2oc1=O. The highest BCUT2D eigenvalue weighted by Crippen LogP contribution is 2.46. The molecule has 0 aliphatic carbocycles. The summed E-state index contributed by atoms with van der Waals surface area (Å²) in [6.45, 7) is 3.38. The maximum atomic E-state index is 12.8. The molecule has 0 saturated heterocycles. The predicted molar refractivity (Wildman–Crippen MR) is 89.0 cm³/mol. The summed E-state index contributed by atoms with van der Waals surface area (Å²) in [7, 11) is -3.88. The number of rotatable bonds is 5. The molecule has 0 bridgehead atoms. The van der Waals surface area contributed by atoms with Gasteiger partial charge in [0.2, 0.25) is 0 Å². The van der Waals surface area contributed by atoms with Crippen molar-refractivity contribution in [2.75, 3.05) is 13.2 Å². The molecular weight excluding hydrogens is 335 g/mol. The minimum atomic E-state index is -3.88. The summed E-state index contributed by atoms with van der Waals surface area (Å²) in [5, 5.41) is 0.155. The van der Waals surface area contributed by atoms with E-state index in [1.807, 2.05) is 0 Å². The molecule has 24 heavy (non-hydrogen) atoms. The predicted octanol–water partition coefficient (Wildman–Crippen LogP) is 2.79. The molecular formula is C16H15O7P. The van der Waals surface area contributed by atoms with Crippen molar-refractivity contribution >= 4 is 34.8 Å². The lowest BCUT2D eigenvalue weighted by Gasteiger charge is -2.16. The summed E-state index contributed by atoms with van der Waals surface area (Å²) in [4.78, 5) is 24.6. The molecule has 0 amide bonds. The normalized spacial score (nSPS) is 12.1. The fourth-order valence-corrected chi connectivity index (χ4v) is 4.01. The molecule has 126 valence electrons. The minimum Gasteiger partial charge on any atom is -0.422 e. The van der Waals surface area contributed by atoms with Crippen molar-refractivity contribution in [2.24, 2.45) is 0 Å². The highest BCUT2D eigenvalue weighted by atomic mass is 31.2. The molecule has 0 N–H and O–H groups in total. The summed E-state index contributed by atoms with van der Waals surface area (Å²) in [6, 6.07) is 7.84. The lowest BCUT2D eigenvalue weighted by molar-refractivity contribution is 0.229. The smallest absolute Gasteiger partial charge is 0.368 e. The molecule has 2 aromatic heterocycles. The summed E-state index contributed by atoms with van der Waals surface area (Å²) >= 11 is 0.